The summed E-state index contributed by atoms with van der Waals surface area (Å²) in [6, 6.07) is 4.60. The Morgan fingerprint density at radius 2 is 2.24 bits per heavy atom. The highest BCUT2D eigenvalue weighted by Gasteiger charge is 2.23. The number of para-hydroxylation sites is 1. The second-order valence-electron chi connectivity index (χ2n) is 4.20. The molecule has 8 nitrogen and oxygen atoms in total. The molecule has 0 aliphatic carbocycles. The summed E-state index contributed by atoms with van der Waals surface area (Å²) in [4.78, 5) is 10.6. The number of ether oxygens (including phenoxy) is 1. The van der Waals surface area contributed by atoms with E-state index in [-0.39, 0.29) is 17.3 Å². The van der Waals surface area contributed by atoms with Crippen LogP contribution in [-0.2, 0) is 6.42 Å². The zero-order valence-electron chi connectivity index (χ0n) is 11.8. The minimum atomic E-state index is -0.493. The molecule has 0 saturated heterocycles. The van der Waals surface area contributed by atoms with E-state index in [1.165, 1.54) is 6.07 Å². The molecule has 0 bridgehead atoms. The Morgan fingerprint density at radius 1 is 1.43 bits per heavy atom. The second kappa shape index (κ2) is 6.80. The van der Waals surface area contributed by atoms with Gasteiger partial charge < -0.3 is 14.5 Å². The average molecular weight is 292 g/mol. The summed E-state index contributed by atoms with van der Waals surface area (Å²) in [5.74, 6) is 0.829. The molecule has 2 aromatic rings. The van der Waals surface area contributed by atoms with Crippen molar-refractivity contribution < 1.29 is 14.1 Å². The number of hydrogen-bond acceptors (Lipinski definition) is 7. The Labute approximate surface area is 121 Å². The lowest BCUT2D eigenvalue weighted by atomic mass is 10.1. The normalized spacial score (nSPS) is 10.6. The lowest BCUT2D eigenvalue weighted by molar-refractivity contribution is -0.385. The van der Waals surface area contributed by atoms with Gasteiger partial charge in [0.15, 0.2) is 0 Å². The fourth-order valence-electron chi connectivity index (χ4n) is 1.83. The Hall–Kier alpha value is -2.48. The number of likely N-dealkylation sites (N-methyl/N-ethyl adjacent to an activating group) is 1. The van der Waals surface area contributed by atoms with Gasteiger partial charge in [-0.2, -0.15) is 0 Å². The van der Waals surface area contributed by atoms with Crippen LogP contribution in [0.15, 0.2) is 22.6 Å². The van der Waals surface area contributed by atoms with Crippen LogP contribution in [0, 0.1) is 10.1 Å². The number of hydrogen-bond donors (Lipinski definition) is 1. The van der Waals surface area contributed by atoms with Gasteiger partial charge in [0.05, 0.1) is 17.1 Å². The first-order valence-electron chi connectivity index (χ1n) is 6.55. The van der Waals surface area contributed by atoms with E-state index < -0.39 is 4.92 Å². The molecule has 0 unspecified atom stereocenters. The number of nitrogens with one attached hydrogen (secondary N) is 1. The highest BCUT2D eigenvalue weighted by molar-refractivity contribution is 5.69. The first-order valence-corrected chi connectivity index (χ1v) is 6.55. The molecular weight excluding hydrogens is 276 g/mol. The predicted octanol–water partition coefficient (Wildman–Crippen LogP) is 1.81. The molecule has 0 radical (unpaired) electrons. The smallest absolute Gasteiger partial charge is 0.311 e. The van der Waals surface area contributed by atoms with Gasteiger partial charge in [0.2, 0.25) is 11.6 Å². The maximum absolute atomic E-state index is 11.1. The van der Waals surface area contributed by atoms with Crippen LogP contribution in [0.4, 0.5) is 5.69 Å². The number of nitro groups is 1. The van der Waals surface area contributed by atoms with E-state index in [1.807, 2.05) is 7.05 Å². The maximum atomic E-state index is 11.1. The summed E-state index contributed by atoms with van der Waals surface area (Å²) in [7, 11) is 1.82. The van der Waals surface area contributed by atoms with Crippen molar-refractivity contribution in [2.24, 2.45) is 0 Å². The van der Waals surface area contributed by atoms with E-state index in [0.29, 0.717) is 31.0 Å². The molecular formula is C13H16N4O4. The SMILES string of the molecule is CCOc1c(-c2nnc(CCNC)o2)cccc1[N+](=O)[O-]. The quantitative estimate of drug-likeness (QED) is 0.613. The van der Waals surface area contributed by atoms with Crippen molar-refractivity contribution in [3.8, 4) is 17.2 Å². The number of benzene rings is 1. The summed E-state index contributed by atoms with van der Waals surface area (Å²) in [6.07, 6.45) is 0.586. The number of rotatable bonds is 7. The lowest BCUT2D eigenvalue weighted by Gasteiger charge is -2.07. The second-order valence-corrected chi connectivity index (χ2v) is 4.20. The van der Waals surface area contributed by atoms with Crippen LogP contribution in [-0.4, -0.2) is 35.3 Å². The van der Waals surface area contributed by atoms with Gasteiger partial charge in [0.1, 0.15) is 0 Å². The Kier molecular flexibility index (Phi) is 4.83. The van der Waals surface area contributed by atoms with E-state index in [4.69, 9.17) is 9.15 Å². The van der Waals surface area contributed by atoms with Gasteiger partial charge in [-0.25, -0.2) is 0 Å². The third kappa shape index (κ3) is 3.34. The van der Waals surface area contributed by atoms with E-state index >= 15 is 0 Å². The molecule has 0 aliphatic heterocycles. The minimum Gasteiger partial charge on any atom is -0.487 e. The first-order chi connectivity index (χ1) is 10.2. The topological polar surface area (TPSA) is 103 Å². The van der Waals surface area contributed by atoms with Gasteiger partial charge >= 0.3 is 5.69 Å². The maximum Gasteiger partial charge on any atom is 0.311 e. The van der Waals surface area contributed by atoms with Crippen molar-refractivity contribution in [2.45, 2.75) is 13.3 Å². The van der Waals surface area contributed by atoms with Crippen molar-refractivity contribution in [3.05, 3.63) is 34.2 Å². The van der Waals surface area contributed by atoms with Gasteiger partial charge in [-0.05, 0) is 20.0 Å². The fourth-order valence-corrected chi connectivity index (χ4v) is 1.83. The van der Waals surface area contributed by atoms with Crippen LogP contribution in [0.3, 0.4) is 0 Å². The molecule has 1 N–H and O–H groups in total. The van der Waals surface area contributed by atoms with Crippen molar-refractivity contribution >= 4 is 5.69 Å². The molecule has 0 saturated carbocycles. The molecule has 1 aromatic heterocycles. The molecule has 21 heavy (non-hydrogen) atoms. The van der Waals surface area contributed by atoms with Crippen LogP contribution in [0.5, 0.6) is 5.75 Å². The van der Waals surface area contributed by atoms with Gasteiger partial charge in [-0.15, -0.1) is 10.2 Å². The molecule has 1 aromatic carbocycles. The van der Waals surface area contributed by atoms with Crippen molar-refractivity contribution in [3.63, 3.8) is 0 Å². The zero-order valence-corrected chi connectivity index (χ0v) is 11.8. The van der Waals surface area contributed by atoms with Crippen LogP contribution < -0.4 is 10.1 Å². The van der Waals surface area contributed by atoms with Crippen LogP contribution in [0.1, 0.15) is 12.8 Å². The van der Waals surface area contributed by atoms with E-state index in [1.54, 1.807) is 19.1 Å². The van der Waals surface area contributed by atoms with Gasteiger partial charge in [0.25, 0.3) is 5.89 Å². The van der Waals surface area contributed by atoms with Gasteiger partial charge in [-0.3, -0.25) is 10.1 Å². The summed E-state index contributed by atoms with van der Waals surface area (Å²) in [5, 5.41) is 21.9. The van der Waals surface area contributed by atoms with Crippen LogP contribution >= 0.6 is 0 Å². The van der Waals surface area contributed by atoms with E-state index in [9.17, 15) is 10.1 Å². The van der Waals surface area contributed by atoms with Crippen molar-refractivity contribution in [2.75, 3.05) is 20.2 Å². The summed E-state index contributed by atoms with van der Waals surface area (Å²) in [5.41, 5.74) is 0.304. The largest absolute Gasteiger partial charge is 0.487 e. The lowest BCUT2D eigenvalue weighted by Crippen LogP contribution is -2.10. The Morgan fingerprint density at radius 3 is 2.90 bits per heavy atom. The Balaban J connectivity index is 2.40. The van der Waals surface area contributed by atoms with E-state index in [0.717, 1.165) is 0 Å². The highest BCUT2D eigenvalue weighted by Crippen LogP contribution is 2.37. The third-order valence-corrected chi connectivity index (χ3v) is 2.77. The van der Waals surface area contributed by atoms with Crippen molar-refractivity contribution in [1.29, 1.82) is 0 Å². The number of nitro benzene ring substituents is 1. The zero-order chi connectivity index (χ0) is 15.2. The molecule has 0 atom stereocenters. The van der Waals surface area contributed by atoms with Crippen LogP contribution in [0.25, 0.3) is 11.5 Å². The minimum absolute atomic E-state index is 0.121. The summed E-state index contributed by atoms with van der Waals surface area (Å²) in [6.45, 7) is 2.76. The molecule has 8 heteroatoms. The standard InChI is InChI=1S/C13H16N4O4/c1-3-20-12-9(5-4-6-10(12)17(18)19)13-16-15-11(21-13)7-8-14-2/h4-6,14H,3,7-8H2,1-2H3. The molecule has 2 rings (SSSR count). The predicted molar refractivity (Wildman–Crippen MR) is 75.2 cm³/mol. The molecule has 0 fully saturated rings. The molecule has 1 heterocycles. The molecule has 112 valence electrons. The van der Waals surface area contributed by atoms with Crippen LogP contribution in [0.2, 0.25) is 0 Å². The molecule has 0 aliphatic rings. The fraction of sp³-hybridized carbons (Fsp3) is 0.385. The van der Waals surface area contributed by atoms with Gasteiger partial charge in [0, 0.05) is 19.0 Å². The van der Waals surface area contributed by atoms with E-state index in [2.05, 4.69) is 15.5 Å². The highest BCUT2D eigenvalue weighted by atomic mass is 16.6. The first kappa shape index (κ1) is 14.9. The Bertz CT molecular complexity index is 626. The van der Waals surface area contributed by atoms with Crippen molar-refractivity contribution in [1.82, 2.24) is 15.5 Å². The molecule has 0 amide bonds. The number of aromatic nitrogens is 2. The third-order valence-electron chi connectivity index (χ3n) is 2.77. The monoisotopic (exact) mass is 292 g/mol. The van der Waals surface area contributed by atoms with Gasteiger partial charge in [-0.1, -0.05) is 6.07 Å². The summed E-state index contributed by atoms with van der Waals surface area (Å²) < 4.78 is 10.9. The molecule has 0 spiro atoms. The number of nitrogens with zero attached hydrogens (tertiary/aromatic N) is 3. The summed E-state index contributed by atoms with van der Waals surface area (Å²) >= 11 is 0. The average Bonchev–Trinajstić information content (AvgIpc) is 2.94.